The van der Waals surface area contributed by atoms with Crippen molar-refractivity contribution in [3.63, 3.8) is 0 Å². The molecule has 0 spiro atoms. The Labute approximate surface area is 67.0 Å². The zero-order valence-electron chi connectivity index (χ0n) is 6.36. The van der Waals surface area contributed by atoms with Gasteiger partial charge in [-0.25, -0.2) is 0 Å². The van der Waals surface area contributed by atoms with Gasteiger partial charge in [-0.15, -0.1) is 9.05 Å². The van der Waals surface area contributed by atoms with Gasteiger partial charge in [-0.3, -0.25) is 0 Å². The average molecular weight is 181 g/mol. The molecule has 66 valence electrons. The summed E-state index contributed by atoms with van der Waals surface area (Å²) in [6, 6.07) is 0. The van der Waals surface area contributed by atoms with Crippen LogP contribution in [0.4, 0.5) is 0 Å². The van der Waals surface area contributed by atoms with Crippen LogP contribution in [0.15, 0.2) is 0 Å². The van der Waals surface area contributed by atoms with E-state index < -0.39 is 8.25 Å². The largest absolute Gasteiger partial charge is 0.697 e. The summed E-state index contributed by atoms with van der Waals surface area (Å²) in [5.74, 6) is 0. The Morgan fingerprint density at radius 3 is 1.82 bits per heavy atom. The van der Waals surface area contributed by atoms with Crippen LogP contribution in [0.3, 0.4) is 0 Å². The Balaban J connectivity index is 0.000000218. The van der Waals surface area contributed by atoms with Gasteiger partial charge in [0.05, 0.1) is 0 Å². The average Bonchev–Trinajstić information content (AvgIpc) is 2.07. The van der Waals surface area contributed by atoms with Crippen LogP contribution in [0.25, 0.3) is 0 Å². The van der Waals surface area contributed by atoms with E-state index in [0.717, 1.165) is 6.42 Å². The molecule has 0 aromatic carbocycles. The summed E-state index contributed by atoms with van der Waals surface area (Å²) < 4.78 is 19.3. The molecule has 0 aliphatic carbocycles. The molecular formula is C5H14N2O3P+. The minimum Gasteiger partial charge on any atom is -0.329 e. The highest BCUT2D eigenvalue weighted by molar-refractivity contribution is 7.33. The summed E-state index contributed by atoms with van der Waals surface area (Å²) in [6.07, 6.45) is 0.862. The fourth-order valence-corrected chi connectivity index (χ4v) is 1.01. The lowest BCUT2D eigenvalue weighted by Crippen LogP contribution is -2.11. The van der Waals surface area contributed by atoms with Crippen LogP contribution in [0.2, 0.25) is 0 Å². The number of nitrogens with two attached hydrogens (primary N) is 2. The van der Waals surface area contributed by atoms with Crippen LogP contribution in [0.1, 0.15) is 6.42 Å². The Kier molecular flexibility index (Phi) is 8.00. The maximum Gasteiger partial charge on any atom is 0.697 e. The van der Waals surface area contributed by atoms with Crippen LogP contribution in [-0.2, 0) is 13.6 Å². The number of rotatable bonds is 1. The third-order valence-electron chi connectivity index (χ3n) is 0.849. The normalized spacial score (nSPS) is 17.1. The predicted octanol–water partition coefficient (Wildman–Crippen LogP) is -0.0155. The summed E-state index contributed by atoms with van der Waals surface area (Å²) in [7, 11) is -1.74. The van der Waals surface area contributed by atoms with Gasteiger partial charge < -0.3 is 11.5 Å². The molecule has 1 fully saturated rings. The standard InChI is InChI=1S/C3H6O3P.C2H8N2/c4-7-5-2-1-3-6-7;3-1-2-4/h1-3H2;1-4H2/q+1;. The van der Waals surface area contributed by atoms with Crippen molar-refractivity contribution in [2.45, 2.75) is 6.42 Å². The number of hydrogen-bond acceptors (Lipinski definition) is 5. The Hall–Kier alpha value is -0.0600. The van der Waals surface area contributed by atoms with Crippen molar-refractivity contribution in [3.8, 4) is 0 Å². The molecule has 0 unspecified atom stereocenters. The van der Waals surface area contributed by atoms with Crippen molar-refractivity contribution >= 4 is 8.25 Å². The molecule has 1 heterocycles. The molecule has 1 rings (SSSR count). The minimum absolute atomic E-state index is 0.579. The second-order valence-electron chi connectivity index (χ2n) is 1.82. The zero-order valence-corrected chi connectivity index (χ0v) is 7.26. The van der Waals surface area contributed by atoms with Crippen LogP contribution in [-0.4, -0.2) is 26.3 Å². The van der Waals surface area contributed by atoms with E-state index in [2.05, 4.69) is 9.05 Å². The van der Waals surface area contributed by atoms with Crippen LogP contribution < -0.4 is 11.5 Å². The zero-order chi connectivity index (χ0) is 8.53. The lowest BCUT2D eigenvalue weighted by molar-refractivity contribution is 0.165. The first-order chi connectivity index (χ1) is 5.31. The molecule has 0 amide bonds. The first-order valence-electron chi connectivity index (χ1n) is 3.44. The van der Waals surface area contributed by atoms with Crippen molar-refractivity contribution in [3.05, 3.63) is 0 Å². The van der Waals surface area contributed by atoms with Crippen molar-refractivity contribution in [1.82, 2.24) is 0 Å². The molecule has 0 atom stereocenters. The predicted molar refractivity (Wildman–Crippen MR) is 42.2 cm³/mol. The quantitative estimate of drug-likeness (QED) is 0.555. The van der Waals surface area contributed by atoms with E-state index in [1.165, 1.54) is 0 Å². The third-order valence-corrected chi connectivity index (χ3v) is 1.64. The van der Waals surface area contributed by atoms with Crippen LogP contribution >= 0.6 is 8.25 Å². The molecule has 0 saturated carbocycles. The second-order valence-corrected chi connectivity index (χ2v) is 2.78. The van der Waals surface area contributed by atoms with Gasteiger partial charge in [0.15, 0.2) is 0 Å². The van der Waals surface area contributed by atoms with Crippen LogP contribution in [0.5, 0.6) is 0 Å². The fourth-order valence-electron chi connectivity index (χ4n) is 0.374. The molecule has 0 bridgehead atoms. The summed E-state index contributed by atoms with van der Waals surface area (Å²) >= 11 is 0. The summed E-state index contributed by atoms with van der Waals surface area (Å²) in [6.45, 7) is 2.35. The maximum atomic E-state index is 10.2. The van der Waals surface area contributed by atoms with E-state index in [1.54, 1.807) is 0 Å². The van der Waals surface area contributed by atoms with E-state index in [0.29, 0.717) is 26.3 Å². The van der Waals surface area contributed by atoms with E-state index in [1.807, 2.05) is 0 Å². The fraction of sp³-hybridized carbons (Fsp3) is 1.00. The monoisotopic (exact) mass is 181 g/mol. The third kappa shape index (κ3) is 7.84. The summed E-state index contributed by atoms with van der Waals surface area (Å²) in [5, 5.41) is 0. The molecule has 1 saturated heterocycles. The molecule has 0 aromatic rings. The van der Waals surface area contributed by atoms with Gasteiger partial charge in [-0.1, -0.05) is 0 Å². The van der Waals surface area contributed by atoms with Crippen molar-refractivity contribution in [2.24, 2.45) is 11.5 Å². The van der Waals surface area contributed by atoms with Gasteiger partial charge in [0.1, 0.15) is 13.2 Å². The molecule has 5 nitrogen and oxygen atoms in total. The molecule has 6 heteroatoms. The van der Waals surface area contributed by atoms with Crippen molar-refractivity contribution in [1.29, 1.82) is 0 Å². The highest BCUT2D eigenvalue weighted by atomic mass is 31.1. The lowest BCUT2D eigenvalue weighted by Gasteiger charge is -1.94. The van der Waals surface area contributed by atoms with Gasteiger partial charge in [0.25, 0.3) is 0 Å². The lowest BCUT2D eigenvalue weighted by atomic mass is 10.5. The SMILES string of the molecule is NCCN.O=[P+]1OCCCO1. The Morgan fingerprint density at radius 2 is 1.64 bits per heavy atom. The molecular weight excluding hydrogens is 167 g/mol. The Bertz CT molecular complexity index is 102. The van der Waals surface area contributed by atoms with E-state index in [4.69, 9.17) is 11.5 Å². The van der Waals surface area contributed by atoms with E-state index in [9.17, 15) is 4.57 Å². The van der Waals surface area contributed by atoms with E-state index >= 15 is 0 Å². The number of hydrogen-bond donors (Lipinski definition) is 2. The van der Waals surface area contributed by atoms with Gasteiger partial charge in [0, 0.05) is 24.1 Å². The Morgan fingerprint density at radius 1 is 1.18 bits per heavy atom. The first kappa shape index (κ1) is 10.9. The van der Waals surface area contributed by atoms with Crippen molar-refractivity contribution < 1.29 is 13.6 Å². The van der Waals surface area contributed by atoms with Gasteiger partial charge in [-0.2, -0.15) is 0 Å². The van der Waals surface area contributed by atoms with Crippen molar-refractivity contribution in [2.75, 3.05) is 26.3 Å². The summed E-state index contributed by atoms with van der Waals surface area (Å²) in [4.78, 5) is 0. The molecule has 1 aliphatic rings. The molecule has 0 aromatic heterocycles. The highest BCUT2D eigenvalue weighted by Gasteiger charge is 2.23. The highest BCUT2D eigenvalue weighted by Crippen LogP contribution is 2.27. The topological polar surface area (TPSA) is 87.6 Å². The molecule has 4 N–H and O–H groups in total. The molecule has 11 heavy (non-hydrogen) atoms. The van der Waals surface area contributed by atoms with E-state index in [-0.39, 0.29) is 0 Å². The molecule has 0 radical (unpaired) electrons. The smallest absolute Gasteiger partial charge is 0.329 e. The second kappa shape index (κ2) is 8.04. The van der Waals surface area contributed by atoms with Gasteiger partial charge >= 0.3 is 8.25 Å². The summed E-state index contributed by atoms with van der Waals surface area (Å²) in [5.41, 5.74) is 9.81. The molecule has 1 aliphatic heterocycles. The van der Waals surface area contributed by atoms with Gasteiger partial charge in [0.2, 0.25) is 0 Å². The first-order valence-corrected chi connectivity index (χ1v) is 4.54. The maximum absolute atomic E-state index is 10.2. The van der Waals surface area contributed by atoms with Crippen LogP contribution in [0, 0.1) is 0 Å². The van der Waals surface area contributed by atoms with Gasteiger partial charge in [-0.05, 0) is 0 Å². The minimum atomic E-state index is -1.74.